The fraction of sp³-hybridized carbons (Fsp3) is 0.556. The summed E-state index contributed by atoms with van der Waals surface area (Å²) in [4.78, 5) is 0. The molecule has 0 amide bonds. The van der Waals surface area contributed by atoms with Crippen molar-refractivity contribution in [3.05, 3.63) is 40.1 Å². The fourth-order valence-electron chi connectivity index (χ4n) is 3.51. The minimum Gasteiger partial charge on any atom is -0.376 e. The van der Waals surface area contributed by atoms with Crippen LogP contribution in [0.5, 0.6) is 0 Å². The number of halogens is 1. The molecule has 2 fully saturated rings. The molecule has 1 aromatic heterocycles. The van der Waals surface area contributed by atoms with Crippen LogP contribution in [0.4, 0.5) is 0 Å². The summed E-state index contributed by atoms with van der Waals surface area (Å²) in [5.74, 6) is 1.96. The molecule has 1 aromatic carbocycles. The van der Waals surface area contributed by atoms with Crippen LogP contribution in [-0.4, -0.2) is 34.0 Å². The molecule has 2 saturated heterocycles. The van der Waals surface area contributed by atoms with Gasteiger partial charge in [-0.15, -0.1) is 10.2 Å². The highest BCUT2D eigenvalue weighted by Crippen LogP contribution is 2.29. The molecule has 7 heteroatoms. The maximum atomic E-state index is 5.87. The normalized spacial score (nSPS) is 23.4. The average Bonchev–Trinajstić information content (AvgIpc) is 3.36. The number of thioether (sulfide) groups is 1. The van der Waals surface area contributed by atoms with E-state index in [0.29, 0.717) is 12.1 Å². The van der Waals surface area contributed by atoms with Gasteiger partial charge in [-0.25, -0.2) is 0 Å². The number of nitrogens with zero attached hydrogens (tertiary/aromatic N) is 3. The second-order valence-corrected chi connectivity index (χ2v) is 8.51. The molecule has 2 aromatic rings. The third-order valence-electron chi connectivity index (χ3n) is 4.78. The molecule has 2 aliphatic heterocycles. The van der Waals surface area contributed by atoms with E-state index >= 15 is 0 Å². The van der Waals surface area contributed by atoms with Gasteiger partial charge in [-0.1, -0.05) is 39.8 Å². The van der Waals surface area contributed by atoms with Crippen molar-refractivity contribution < 1.29 is 4.74 Å². The van der Waals surface area contributed by atoms with Gasteiger partial charge in [0, 0.05) is 16.8 Å². The molecule has 4 rings (SSSR count). The SMILES string of the molecule is Brc1cccc(CSc2nnc(C3CCCN3)n2CC2CCCO2)c1. The predicted molar refractivity (Wildman–Crippen MR) is 103 cm³/mol. The smallest absolute Gasteiger partial charge is 0.191 e. The summed E-state index contributed by atoms with van der Waals surface area (Å²) in [6.45, 7) is 2.81. The van der Waals surface area contributed by atoms with Crippen LogP contribution >= 0.6 is 27.7 Å². The molecule has 134 valence electrons. The Morgan fingerprint density at radius 2 is 2.24 bits per heavy atom. The van der Waals surface area contributed by atoms with Gasteiger partial charge in [0.15, 0.2) is 11.0 Å². The van der Waals surface area contributed by atoms with E-state index < -0.39 is 0 Å². The lowest BCUT2D eigenvalue weighted by Crippen LogP contribution is -2.23. The van der Waals surface area contributed by atoms with E-state index in [9.17, 15) is 0 Å². The van der Waals surface area contributed by atoms with Crippen molar-refractivity contribution >= 4 is 27.7 Å². The first kappa shape index (κ1) is 17.5. The number of aromatic nitrogens is 3. The summed E-state index contributed by atoms with van der Waals surface area (Å²) in [6.07, 6.45) is 4.93. The fourth-order valence-corrected chi connectivity index (χ4v) is 4.85. The van der Waals surface area contributed by atoms with Gasteiger partial charge in [-0.2, -0.15) is 0 Å². The van der Waals surface area contributed by atoms with Crippen molar-refractivity contribution in [1.82, 2.24) is 20.1 Å². The molecule has 2 aliphatic rings. The van der Waals surface area contributed by atoms with E-state index in [4.69, 9.17) is 4.74 Å². The molecular weight excluding hydrogens is 400 g/mol. The summed E-state index contributed by atoms with van der Waals surface area (Å²) < 4.78 is 9.27. The van der Waals surface area contributed by atoms with Gasteiger partial charge >= 0.3 is 0 Å². The van der Waals surface area contributed by atoms with Gasteiger partial charge in [-0.3, -0.25) is 0 Å². The van der Waals surface area contributed by atoms with Gasteiger partial charge in [0.05, 0.1) is 18.7 Å². The van der Waals surface area contributed by atoms with Crippen molar-refractivity contribution in [2.24, 2.45) is 0 Å². The first-order valence-electron chi connectivity index (χ1n) is 8.95. The molecule has 2 atom stereocenters. The Kier molecular flexibility index (Phi) is 5.75. The van der Waals surface area contributed by atoms with Crippen LogP contribution in [0.2, 0.25) is 0 Å². The van der Waals surface area contributed by atoms with Crippen molar-refractivity contribution in [1.29, 1.82) is 0 Å². The first-order valence-corrected chi connectivity index (χ1v) is 10.7. The second-order valence-electron chi connectivity index (χ2n) is 6.65. The Balaban J connectivity index is 1.53. The molecule has 2 unspecified atom stereocenters. The molecule has 3 heterocycles. The number of rotatable bonds is 6. The summed E-state index contributed by atoms with van der Waals surface area (Å²) >= 11 is 5.30. The molecule has 0 aliphatic carbocycles. The van der Waals surface area contributed by atoms with Crippen LogP contribution in [0, 0.1) is 0 Å². The van der Waals surface area contributed by atoms with Crippen LogP contribution in [0.25, 0.3) is 0 Å². The minimum absolute atomic E-state index is 0.293. The van der Waals surface area contributed by atoms with Crippen LogP contribution in [-0.2, 0) is 17.0 Å². The quantitative estimate of drug-likeness (QED) is 0.714. The Bertz CT molecular complexity index is 711. The number of hydrogen-bond acceptors (Lipinski definition) is 5. The highest BCUT2D eigenvalue weighted by molar-refractivity contribution is 9.10. The van der Waals surface area contributed by atoms with E-state index in [1.807, 2.05) is 0 Å². The molecule has 0 spiro atoms. The third-order valence-corrected chi connectivity index (χ3v) is 6.32. The molecular formula is C18H23BrN4OS. The highest BCUT2D eigenvalue weighted by atomic mass is 79.9. The zero-order valence-electron chi connectivity index (χ0n) is 14.2. The van der Waals surface area contributed by atoms with E-state index in [0.717, 1.165) is 60.2 Å². The number of nitrogens with one attached hydrogen (secondary N) is 1. The van der Waals surface area contributed by atoms with E-state index in [-0.39, 0.29) is 0 Å². The largest absolute Gasteiger partial charge is 0.376 e. The molecule has 1 N–H and O–H groups in total. The molecule has 25 heavy (non-hydrogen) atoms. The van der Waals surface area contributed by atoms with E-state index in [1.165, 1.54) is 12.0 Å². The number of benzene rings is 1. The van der Waals surface area contributed by atoms with Crippen molar-refractivity contribution in [2.75, 3.05) is 13.2 Å². The third kappa shape index (κ3) is 4.27. The van der Waals surface area contributed by atoms with Crippen molar-refractivity contribution in [3.8, 4) is 0 Å². The lowest BCUT2D eigenvalue weighted by atomic mass is 10.2. The Labute approximate surface area is 161 Å². The summed E-state index contributed by atoms with van der Waals surface area (Å²) in [7, 11) is 0. The van der Waals surface area contributed by atoms with Gasteiger partial charge in [0.1, 0.15) is 0 Å². The van der Waals surface area contributed by atoms with E-state index in [1.54, 1.807) is 11.8 Å². The van der Waals surface area contributed by atoms with Crippen molar-refractivity contribution in [3.63, 3.8) is 0 Å². The summed E-state index contributed by atoms with van der Waals surface area (Å²) in [5, 5.41) is 13.6. The van der Waals surface area contributed by atoms with Crippen LogP contribution < -0.4 is 5.32 Å². The van der Waals surface area contributed by atoms with E-state index in [2.05, 4.69) is 60.3 Å². The monoisotopic (exact) mass is 422 g/mol. The highest BCUT2D eigenvalue weighted by Gasteiger charge is 2.27. The maximum absolute atomic E-state index is 5.87. The Morgan fingerprint density at radius 1 is 1.28 bits per heavy atom. The summed E-state index contributed by atoms with van der Waals surface area (Å²) in [5.41, 5.74) is 1.28. The number of ether oxygens (including phenoxy) is 1. The van der Waals surface area contributed by atoms with Gasteiger partial charge in [0.25, 0.3) is 0 Å². The minimum atomic E-state index is 0.293. The first-order chi connectivity index (χ1) is 12.3. The second kappa shape index (κ2) is 8.20. The van der Waals surface area contributed by atoms with Gasteiger partial charge < -0.3 is 14.6 Å². The number of hydrogen-bond donors (Lipinski definition) is 1. The molecule has 0 radical (unpaired) electrons. The topological polar surface area (TPSA) is 52.0 Å². The Morgan fingerprint density at radius 3 is 3.00 bits per heavy atom. The maximum Gasteiger partial charge on any atom is 0.191 e. The molecule has 5 nitrogen and oxygen atoms in total. The molecule has 0 saturated carbocycles. The molecule has 0 bridgehead atoms. The van der Waals surface area contributed by atoms with Crippen molar-refractivity contribution in [2.45, 2.75) is 55.3 Å². The lowest BCUT2D eigenvalue weighted by Gasteiger charge is -2.17. The zero-order valence-corrected chi connectivity index (χ0v) is 16.6. The summed E-state index contributed by atoms with van der Waals surface area (Å²) in [6, 6.07) is 8.77. The lowest BCUT2D eigenvalue weighted by molar-refractivity contribution is 0.0937. The predicted octanol–water partition coefficient (Wildman–Crippen LogP) is 3.94. The van der Waals surface area contributed by atoms with Crippen LogP contribution in [0.1, 0.15) is 43.1 Å². The van der Waals surface area contributed by atoms with Crippen LogP contribution in [0.15, 0.2) is 33.9 Å². The average molecular weight is 423 g/mol. The van der Waals surface area contributed by atoms with Gasteiger partial charge in [0.2, 0.25) is 0 Å². The standard InChI is InChI=1S/C18H23BrN4OS/c19-14-5-1-4-13(10-14)12-25-18-22-21-17(16-7-2-8-20-16)23(18)11-15-6-3-9-24-15/h1,4-5,10,15-16,20H,2-3,6-9,11-12H2. The Hall–Kier alpha value is -0.890. The van der Waals surface area contributed by atoms with Gasteiger partial charge in [-0.05, 0) is 49.9 Å². The zero-order chi connectivity index (χ0) is 17.1. The van der Waals surface area contributed by atoms with Crippen LogP contribution in [0.3, 0.4) is 0 Å².